The molecule has 0 saturated heterocycles. The molecule has 2 atom stereocenters. The third-order valence-corrected chi connectivity index (χ3v) is 4.47. The molecule has 126 valence electrons. The summed E-state index contributed by atoms with van der Waals surface area (Å²) in [7, 11) is 1.63. The van der Waals surface area contributed by atoms with Gasteiger partial charge in [-0.15, -0.1) is 0 Å². The van der Waals surface area contributed by atoms with Crippen molar-refractivity contribution in [2.45, 2.75) is 32.4 Å². The second-order valence-corrected chi connectivity index (χ2v) is 5.98. The maximum Gasteiger partial charge on any atom is 0.371 e. The molecule has 1 aliphatic heterocycles. The molecule has 1 aliphatic rings. The smallest absolute Gasteiger partial charge is 0.371 e. The average molecular weight is 329 g/mol. The zero-order valence-electron chi connectivity index (χ0n) is 13.8. The van der Waals surface area contributed by atoms with Gasteiger partial charge in [-0.05, 0) is 55.7 Å². The van der Waals surface area contributed by atoms with Crippen molar-refractivity contribution in [1.82, 2.24) is 4.90 Å². The summed E-state index contributed by atoms with van der Waals surface area (Å²) in [6.45, 7) is 3.93. The van der Waals surface area contributed by atoms with Crippen LogP contribution in [0.5, 0.6) is 5.75 Å². The van der Waals surface area contributed by atoms with Crippen LogP contribution in [0.15, 0.2) is 34.7 Å². The summed E-state index contributed by atoms with van der Waals surface area (Å²) >= 11 is 0. The van der Waals surface area contributed by atoms with E-state index in [9.17, 15) is 9.59 Å². The molecule has 0 radical (unpaired) electrons. The van der Waals surface area contributed by atoms with Crippen LogP contribution in [0.2, 0.25) is 0 Å². The second kappa shape index (κ2) is 6.03. The number of nitrogens with zero attached hydrogens (tertiary/aromatic N) is 1. The van der Waals surface area contributed by atoms with E-state index in [0.29, 0.717) is 6.42 Å². The molecule has 2 heterocycles. The van der Waals surface area contributed by atoms with Crippen LogP contribution in [-0.4, -0.2) is 35.0 Å². The number of carboxylic acids is 1. The number of hydrogen-bond acceptors (Lipinski definition) is 4. The number of rotatable bonds is 3. The number of methoxy groups -OCH3 is 1. The third-order valence-electron chi connectivity index (χ3n) is 4.47. The predicted molar refractivity (Wildman–Crippen MR) is 86.4 cm³/mol. The normalized spacial score (nSPS) is 19.7. The number of amides is 1. The summed E-state index contributed by atoms with van der Waals surface area (Å²) in [5.74, 6) is -0.885. The van der Waals surface area contributed by atoms with E-state index in [0.717, 1.165) is 16.9 Å². The Morgan fingerprint density at radius 2 is 1.92 bits per heavy atom. The Morgan fingerprint density at radius 1 is 1.21 bits per heavy atom. The lowest BCUT2D eigenvalue weighted by Crippen LogP contribution is -2.44. The van der Waals surface area contributed by atoms with Crippen molar-refractivity contribution in [3.05, 3.63) is 53.0 Å². The van der Waals surface area contributed by atoms with Gasteiger partial charge in [-0.3, -0.25) is 4.79 Å². The molecule has 2 aromatic rings. The van der Waals surface area contributed by atoms with Crippen LogP contribution in [0.4, 0.5) is 0 Å². The largest absolute Gasteiger partial charge is 0.497 e. The lowest BCUT2D eigenvalue weighted by atomic mass is 9.89. The van der Waals surface area contributed by atoms with E-state index in [4.69, 9.17) is 14.3 Å². The molecule has 24 heavy (non-hydrogen) atoms. The molecule has 1 amide bonds. The van der Waals surface area contributed by atoms with E-state index in [1.54, 1.807) is 12.0 Å². The number of fused-ring (bicyclic) bond motifs is 1. The van der Waals surface area contributed by atoms with E-state index in [2.05, 4.69) is 0 Å². The summed E-state index contributed by atoms with van der Waals surface area (Å²) in [5.41, 5.74) is 2.22. The van der Waals surface area contributed by atoms with Gasteiger partial charge in [0.15, 0.2) is 5.76 Å². The molecule has 0 fully saturated rings. The summed E-state index contributed by atoms with van der Waals surface area (Å²) in [4.78, 5) is 25.5. The molecule has 6 nitrogen and oxygen atoms in total. The van der Waals surface area contributed by atoms with Crippen molar-refractivity contribution in [2.24, 2.45) is 0 Å². The van der Waals surface area contributed by atoms with E-state index < -0.39 is 5.97 Å². The van der Waals surface area contributed by atoms with Gasteiger partial charge in [0.25, 0.3) is 5.91 Å². The zero-order valence-corrected chi connectivity index (χ0v) is 13.8. The zero-order chi connectivity index (χ0) is 17.4. The highest BCUT2D eigenvalue weighted by Crippen LogP contribution is 2.35. The van der Waals surface area contributed by atoms with Gasteiger partial charge >= 0.3 is 5.97 Å². The topological polar surface area (TPSA) is 80.0 Å². The molecule has 3 rings (SSSR count). The molecule has 1 aromatic heterocycles. The molecule has 0 spiro atoms. The number of ether oxygens (including phenoxy) is 1. The van der Waals surface area contributed by atoms with Crippen LogP contribution in [0, 0.1) is 0 Å². The van der Waals surface area contributed by atoms with Gasteiger partial charge < -0.3 is 19.2 Å². The molecule has 0 unspecified atom stereocenters. The molecule has 6 heteroatoms. The van der Waals surface area contributed by atoms with Gasteiger partial charge in [0.1, 0.15) is 5.75 Å². The lowest BCUT2D eigenvalue weighted by Gasteiger charge is -2.40. The van der Waals surface area contributed by atoms with E-state index in [-0.39, 0.29) is 29.5 Å². The molecular formula is C18H19NO5. The summed E-state index contributed by atoms with van der Waals surface area (Å²) in [5, 5.41) is 8.94. The number of hydrogen-bond donors (Lipinski definition) is 1. The minimum absolute atomic E-state index is 0.0366. The van der Waals surface area contributed by atoms with Gasteiger partial charge in [-0.1, -0.05) is 6.07 Å². The van der Waals surface area contributed by atoms with Crippen molar-refractivity contribution in [3.8, 4) is 5.75 Å². The predicted octanol–water partition coefficient (Wildman–Crippen LogP) is 3.13. The van der Waals surface area contributed by atoms with Gasteiger partial charge in [0.05, 0.1) is 13.2 Å². The molecular weight excluding hydrogens is 310 g/mol. The quantitative estimate of drug-likeness (QED) is 0.936. The Morgan fingerprint density at radius 3 is 2.54 bits per heavy atom. The van der Waals surface area contributed by atoms with E-state index in [1.807, 2.05) is 32.0 Å². The van der Waals surface area contributed by atoms with Crippen LogP contribution in [0.1, 0.15) is 52.1 Å². The highest BCUT2D eigenvalue weighted by molar-refractivity contribution is 5.94. The summed E-state index contributed by atoms with van der Waals surface area (Å²) < 4.78 is 10.4. The number of benzene rings is 1. The van der Waals surface area contributed by atoms with Crippen molar-refractivity contribution >= 4 is 11.9 Å². The number of carbonyl (C=O) groups is 2. The lowest BCUT2D eigenvalue weighted by molar-refractivity contribution is 0.0539. The number of carbonyl (C=O) groups excluding carboxylic acids is 1. The number of carboxylic acid groups (broad SMARTS) is 1. The Hall–Kier alpha value is -2.76. The first-order valence-corrected chi connectivity index (χ1v) is 7.75. The average Bonchev–Trinajstić information content (AvgIpc) is 3.04. The van der Waals surface area contributed by atoms with Crippen LogP contribution in [0.25, 0.3) is 0 Å². The summed E-state index contributed by atoms with van der Waals surface area (Å²) in [6, 6.07) is 8.38. The highest BCUT2D eigenvalue weighted by Gasteiger charge is 2.34. The van der Waals surface area contributed by atoms with Crippen LogP contribution in [-0.2, 0) is 6.42 Å². The maximum atomic E-state index is 12.8. The highest BCUT2D eigenvalue weighted by atomic mass is 16.5. The first-order chi connectivity index (χ1) is 11.4. The Kier molecular flexibility index (Phi) is 4.05. The van der Waals surface area contributed by atoms with Crippen molar-refractivity contribution in [1.29, 1.82) is 0 Å². The van der Waals surface area contributed by atoms with Crippen molar-refractivity contribution < 1.29 is 23.8 Å². The molecule has 0 bridgehead atoms. The Labute approximate surface area is 139 Å². The van der Waals surface area contributed by atoms with Crippen molar-refractivity contribution in [3.63, 3.8) is 0 Å². The maximum absolute atomic E-state index is 12.8. The third kappa shape index (κ3) is 2.64. The Bertz CT molecular complexity index is 794. The van der Waals surface area contributed by atoms with Gasteiger partial charge in [-0.25, -0.2) is 4.79 Å². The molecule has 0 aliphatic carbocycles. The fourth-order valence-electron chi connectivity index (χ4n) is 3.31. The van der Waals surface area contributed by atoms with Crippen LogP contribution in [0.3, 0.4) is 0 Å². The van der Waals surface area contributed by atoms with E-state index >= 15 is 0 Å². The monoisotopic (exact) mass is 329 g/mol. The SMILES string of the molecule is COc1ccc2c(c1)C[C@@H](C)N(C(=O)c1ccc(C(=O)O)o1)[C@@H]2C. The Balaban J connectivity index is 1.92. The van der Waals surface area contributed by atoms with Gasteiger partial charge in [0, 0.05) is 6.04 Å². The van der Waals surface area contributed by atoms with Crippen molar-refractivity contribution in [2.75, 3.05) is 7.11 Å². The fraction of sp³-hybridized carbons (Fsp3) is 0.333. The minimum atomic E-state index is -1.19. The summed E-state index contributed by atoms with van der Waals surface area (Å²) in [6.07, 6.45) is 0.703. The second-order valence-electron chi connectivity index (χ2n) is 5.98. The molecule has 1 N–H and O–H groups in total. The fourth-order valence-corrected chi connectivity index (χ4v) is 3.31. The molecule has 0 saturated carbocycles. The van der Waals surface area contributed by atoms with E-state index in [1.165, 1.54) is 12.1 Å². The first kappa shape index (κ1) is 16.1. The first-order valence-electron chi connectivity index (χ1n) is 7.75. The molecule has 1 aromatic carbocycles. The van der Waals surface area contributed by atoms with Gasteiger partial charge in [-0.2, -0.15) is 0 Å². The van der Waals surface area contributed by atoms with Gasteiger partial charge in [0.2, 0.25) is 5.76 Å². The minimum Gasteiger partial charge on any atom is -0.497 e. The van der Waals surface area contributed by atoms with Crippen LogP contribution < -0.4 is 4.74 Å². The number of furan rings is 1. The number of aromatic carboxylic acids is 1. The standard InChI is InChI=1S/C18H19NO5/c1-10-8-12-9-13(23-3)4-5-14(12)11(2)19(10)17(20)15-6-7-16(24-15)18(21)22/h4-7,9-11H,8H2,1-3H3,(H,21,22)/t10-,11-/m1/s1. The van der Waals surface area contributed by atoms with Crippen LogP contribution >= 0.6 is 0 Å².